The van der Waals surface area contributed by atoms with E-state index in [1.807, 2.05) is 0 Å². The Bertz CT molecular complexity index is 356. The zero-order valence-electron chi connectivity index (χ0n) is 12.3. The molecule has 0 unspecified atom stereocenters. The third-order valence-electron chi connectivity index (χ3n) is 4.98. The number of aliphatic carboxylic acids is 1. The molecule has 2 aliphatic rings. The van der Waals surface area contributed by atoms with Gasteiger partial charge in [0.1, 0.15) is 5.54 Å². The normalized spacial score (nSPS) is 34.5. The van der Waals surface area contributed by atoms with Gasteiger partial charge in [0.05, 0.1) is 5.92 Å². The molecule has 1 aliphatic carbocycles. The van der Waals surface area contributed by atoms with Crippen LogP contribution in [-0.4, -0.2) is 35.6 Å². The Balaban J connectivity index is 1.98. The second-order valence-electron chi connectivity index (χ2n) is 6.27. The van der Waals surface area contributed by atoms with Crippen molar-refractivity contribution in [3.8, 4) is 0 Å². The topological polar surface area (TPSA) is 78.4 Å². The lowest BCUT2D eigenvalue weighted by molar-refractivity contribution is -0.150. The molecule has 5 heteroatoms. The van der Waals surface area contributed by atoms with Crippen LogP contribution in [0, 0.1) is 11.8 Å². The van der Waals surface area contributed by atoms with Gasteiger partial charge in [0.25, 0.3) is 0 Å². The minimum atomic E-state index is -1.03. The summed E-state index contributed by atoms with van der Waals surface area (Å²) in [4.78, 5) is 24.0. The van der Waals surface area contributed by atoms with E-state index < -0.39 is 11.5 Å². The first-order valence-electron chi connectivity index (χ1n) is 7.83. The molecule has 2 fully saturated rings. The fraction of sp³-hybridized carbons (Fsp3) is 0.867. The molecule has 0 bridgehead atoms. The molecule has 1 atom stereocenters. The standard InChI is InChI=1S/C15H26N2O3/c1-2-11-5-7-15(8-6-11,14(19)20)17-13(18)12-4-3-9-16-10-12/h11-12,16H,2-10H2,1H3,(H,17,18)(H,19,20)/t11?,12-,15?/m0/s1. The molecule has 20 heavy (non-hydrogen) atoms. The SMILES string of the molecule is CCC1CCC(NC(=O)[C@H]2CCCNC2)(C(=O)O)CC1. The lowest BCUT2D eigenvalue weighted by Gasteiger charge is -2.38. The molecule has 0 radical (unpaired) electrons. The summed E-state index contributed by atoms with van der Waals surface area (Å²) < 4.78 is 0. The number of piperidine rings is 1. The average molecular weight is 282 g/mol. The van der Waals surface area contributed by atoms with Crippen molar-refractivity contribution in [2.24, 2.45) is 11.8 Å². The van der Waals surface area contributed by atoms with Crippen LogP contribution in [0.2, 0.25) is 0 Å². The molecule has 2 rings (SSSR count). The highest BCUT2D eigenvalue weighted by Crippen LogP contribution is 2.34. The maximum absolute atomic E-state index is 12.3. The van der Waals surface area contributed by atoms with Crippen molar-refractivity contribution in [3.63, 3.8) is 0 Å². The molecule has 5 nitrogen and oxygen atoms in total. The Morgan fingerprint density at radius 3 is 2.50 bits per heavy atom. The van der Waals surface area contributed by atoms with Crippen LogP contribution in [0.3, 0.4) is 0 Å². The maximum atomic E-state index is 12.3. The van der Waals surface area contributed by atoms with Crippen molar-refractivity contribution in [2.45, 2.75) is 57.4 Å². The Kier molecular flexibility index (Phi) is 5.02. The van der Waals surface area contributed by atoms with Crippen LogP contribution in [0.5, 0.6) is 0 Å². The molecular formula is C15H26N2O3. The van der Waals surface area contributed by atoms with Crippen LogP contribution >= 0.6 is 0 Å². The molecule has 0 aromatic carbocycles. The number of hydrogen-bond donors (Lipinski definition) is 3. The highest BCUT2D eigenvalue weighted by atomic mass is 16.4. The summed E-state index contributed by atoms with van der Waals surface area (Å²) in [5.74, 6) is -0.432. The van der Waals surface area contributed by atoms with Gasteiger partial charge in [-0.3, -0.25) is 4.79 Å². The predicted molar refractivity (Wildman–Crippen MR) is 76.4 cm³/mol. The van der Waals surface area contributed by atoms with E-state index in [1.165, 1.54) is 0 Å². The number of carbonyl (C=O) groups excluding carboxylic acids is 1. The van der Waals surface area contributed by atoms with Crippen LogP contribution < -0.4 is 10.6 Å². The smallest absolute Gasteiger partial charge is 0.329 e. The van der Waals surface area contributed by atoms with Crippen molar-refractivity contribution >= 4 is 11.9 Å². The summed E-state index contributed by atoms with van der Waals surface area (Å²) in [6.07, 6.45) is 5.84. The van der Waals surface area contributed by atoms with Crippen molar-refractivity contribution in [2.75, 3.05) is 13.1 Å². The maximum Gasteiger partial charge on any atom is 0.329 e. The van der Waals surface area contributed by atoms with Gasteiger partial charge in [-0.15, -0.1) is 0 Å². The van der Waals surface area contributed by atoms with E-state index in [0.717, 1.165) is 38.6 Å². The number of carboxylic acid groups (broad SMARTS) is 1. The van der Waals surface area contributed by atoms with E-state index >= 15 is 0 Å². The predicted octanol–water partition coefficient (Wildman–Crippen LogP) is 1.53. The summed E-state index contributed by atoms with van der Waals surface area (Å²) in [6.45, 7) is 3.76. The van der Waals surface area contributed by atoms with Crippen molar-refractivity contribution in [1.82, 2.24) is 10.6 Å². The van der Waals surface area contributed by atoms with E-state index in [4.69, 9.17) is 0 Å². The third-order valence-corrected chi connectivity index (χ3v) is 4.98. The van der Waals surface area contributed by atoms with Crippen LogP contribution in [0.1, 0.15) is 51.9 Å². The van der Waals surface area contributed by atoms with Crippen LogP contribution in [0.15, 0.2) is 0 Å². The van der Waals surface area contributed by atoms with Crippen molar-refractivity contribution in [3.05, 3.63) is 0 Å². The molecule has 114 valence electrons. The quantitative estimate of drug-likeness (QED) is 0.730. The zero-order chi connectivity index (χ0) is 14.6. The molecule has 0 spiro atoms. The first-order chi connectivity index (χ1) is 9.57. The molecule has 1 saturated heterocycles. The van der Waals surface area contributed by atoms with Gasteiger partial charge in [-0.1, -0.05) is 13.3 Å². The van der Waals surface area contributed by atoms with Gasteiger partial charge < -0.3 is 15.7 Å². The Hall–Kier alpha value is -1.10. The second-order valence-corrected chi connectivity index (χ2v) is 6.27. The van der Waals surface area contributed by atoms with E-state index in [1.54, 1.807) is 0 Å². The summed E-state index contributed by atoms with van der Waals surface area (Å²) in [6, 6.07) is 0. The first-order valence-corrected chi connectivity index (χ1v) is 7.83. The zero-order valence-corrected chi connectivity index (χ0v) is 12.3. The van der Waals surface area contributed by atoms with E-state index in [2.05, 4.69) is 17.6 Å². The molecule has 1 amide bonds. The van der Waals surface area contributed by atoms with Crippen molar-refractivity contribution in [1.29, 1.82) is 0 Å². The van der Waals surface area contributed by atoms with E-state index in [-0.39, 0.29) is 11.8 Å². The Morgan fingerprint density at radius 2 is 2.00 bits per heavy atom. The third kappa shape index (κ3) is 3.32. The second kappa shape index (κ2) is 6.57. The Morgan fingerprint density at radius 1 is 1.30 bits per heavy atom. The lowest BCUT2D eigenvalue weighted by atomic mass is 9.75. The summed E-state index contributed by atoms with van der Waals surface area (Å²) >= 11 is 0. The fourth-order valence-corrected chi connectivity index (χ4v) is 3.38. The number of carbonyl (C=O) groups is 2. The number of amides is 1. The lowest BCUT2D eigenvalue weighted by Crippen LogP contribution is -2.58. The van der Waals surface area contributed by atoms with Gasteiger partial charge in [0.15, 0.2) is 0 Å². The molecule has 0 aromatic heterocycles. The van der Waals surface area contributed by atoms with E-state index in [0.29, 0.717) is 25.3 Å². The van der Waals surface area contributed by atoms with Crippen LogP contribution in [-0.2, 0) is 9.59 Å². The summed E-state index contributed by atoms with van der Waals surface area (Å²) in [5.41, 5.74) is -1.03. The van der Waals surface area contributed by atoms with E-state index in [9.17, 15) is 14.7 Å². The van der Waals surface area contributed by atoms with Gasteiger partial charge in [-0.2, -0.15) is 0 Å². The van der Waals surface area contributed by atoms with Gasteiger partial charge in [-0.05, 0) is 51.0 Å². The monoisotopic (exact) mass is 282 g/mol. The first kappa shape index (κ1) is 15.3. The number of hydrogen-bond acceptors (Lipinski definition) is 3. The Labute approximate surface area is 120 Å². The highest BCUT2D eigenvalue weighted by Gasteiger charge is 2.43. The van der Waals surface area contributed by atoms with Crippen LogP contribution in [0.25, 0.3) is 0 Å². The number of nitrogens with one attached hydrogen (secondary N) is 2. The summed E-state index contributed by atoms with van der Waals surface area (Å²) in [5, 5.41) is 15.6. The van der Waals surface area contributed by atoms with Gasteiger partial charge in [-0.25, -0.2) is 4.79 Å². The largest absolute Gasteiger partial charge is 0.480 e. The minimum absolute atomic E-state index is 0.0797. The van der Waals surface area contributed by atoms with Crippen LogP contribution in [0.4, 0.5) is 0 Å². The van der Waals surface area contributed by atoms with Crippen molar-refractivity contribution < 1.29 is 14.7 Å². The van der Waals surface area contributed by atoms with Gasteiger partial charge >= 0.3 is 5.97 Å². The molecule has 1 saturated carbocycles. The molecule has 3 N–H and O–H groups in total. The van der Waals surface area contributed by atoms with Gasteiger partial charge in [0.2, 0.25) is 5.91 Å². The highest BCUT2D eigenvalue weighted by molar-refractivity contribution is 5.88. The van der Waals surface area contributed by atoms with Gasteiger partial charge in [0, 0.05) is 6.54 Å². The fourth-order valence-electron chi connectivity index (χ4n) is 3.38. The molecule has 1 heterocycles. The molecule has 0 aromatic rings. The molecular weight excluding hydrogens is 256 g/mol. The summed E-state index contributed by atoms with van der Waals surface area (Å²) in [7, 11) is 0. The average Bonchev–Trinajstić information content (AvgIpc) is 2.48. The molecule has 1 aliphatic heterocycles. The number of carboxylic acids is 1. The number of rotatable bonds is 4. The minimum Gasteiger partial charge on any atom is -0.480 e.